The van der Waals surface area contributed by atoms with Crippen LogP contribution in [0.1, 0.15) is 70.6 Å². The van der Waals surface area contributed by atoms with Crippen LogP contribution in [0.25, 0.3) is 0 Å². The summed E-state index contributed by atoms with van der Waals surface area (Å²) in [7, 11) is 0. The van der Waals surface area contributed by atoms with Gasteiger partial charge in [0.15, 0.2) is 6.61 Å². The molecule has 0 aliphatic heterocycles. The topological polar surface area (TPSA) is 58.6 Å². The summed E-state index contributed by atoms with van der Waals surface area (Å²) in [6.07, 6.45) is 0.506. The van der Waals surface area contributed by atoms with Crippen molar-refractivity contribution >= 4 is 27.7 Å². The van der Waals surface area contributed by atoms with Crippen molar-refractivity contribution in [3.8, 4) is 5.75 Å². The van der Waals surface area contributed by atoms with Gasteiger partial charge in [0.1, 0.15) is 11.8 Å². The molecule has 33 heavy (non-hydrogen) atoms. The number of halogens is 1. The summed E-state index contributed by atoms with van der Waals surface area (Å²) in [5.41, 5.74) is 2.92. The zero-order chi connectivity index (χ0) is 24.8. The Bertz CT molecular complexity index is 949. The molecular formula is C27H37BrN2O3. The van der Waals surface area contributed by atoms with E-state index in [0.29, 0.717) is 24.6 Å². The standard InChI is InChI=1S/C27H37BrN2O3/c1-8-23(26(32)29-27(5,6)7)30(16-20-11-9-19(4)10-12-20)25(31)17-33-24-14-13-21(18(2)3)15-22(24)28/h9-15,18,23H,8,16-17H2,1-7H3,(H,29,32)/t23-/m1/s1. The summed E-state index contributed by atoms with van der Waals surface area (Å²) < 4.78 is 6.69. The molecule has 0 saturated carbocycles. The van der Waals surface area contributed by atoms with Crippen molar-refractivity contribution in [3.63, 3.8) is 0 Å². The van der Waals surface area contributed by atoms with Gasteiger partial charge in [-0.25, -0.2) is 0 Å². The van der Waals surface area contributed by atoms with Crippen LogP contribution in [-0.4, -0.2) is 34.9 Å². The van der Waals surface area contributed by atoms with Crippen molar-refractivity contribution in [2.45, 2.75) is 78.9 Å². The number of carbonyl (C=O) groups excluding carboxylic acids is 2. The van der Waals surface area contributed by atoms with E-state index >= 15 is 0 Å². The van der Waals surface area contributed by atoms with Crippen LogP contribution in [0.5, 0.6) is 5.75 Å². The van der Waals surface area contributed by atoms with E-state index in [1.54, 1.807) is 4.90 Å². The van der Waals surface area contributed by atoms with E-state index in [1.165, 1.54) is 5.56 Å². The molecule has 0 spiro atoms. The van der Waals surface area contributed by atoms with E-state index in [9.17, 15) is 9.59 Å². The third kappa shape index (κ3) is 8.18. The molecule has 0 aromatic heterocycles. The first-order valence-corrected chi connectivity index (χ1v) is 12.3. The zero-order valence-electron chi connectivity index (χ0n) is 20.9. The average Bonchev–Trinajstić information content (AvgIpc) is 2.72. The number of nitrogens with one attached hydrogen (secondary N) is 1. The molecule has 2 amide bonds. The number of hydrogen-bond donors (Lipinski definition) is 1. The Labute approximate surface area is 207 Å². The first kappa shape index (κ1) is 26.9. The van der Waals surface area contributed by atoms with Crippen LogP contribution >= 0.6 is 15.9 Å². The minimum absolute atomic E-state index is 0.148. The number of rotatable bonds is 9. The zero-order valence-corrected chi connectivity index (χ0v) is 22.5. The molecule has 180 valence electrons. The van der Waals surface area contributed by atoms with E-state index < -0.39 is 6.04 Å². The second-order valence-corrected chi connectivity index (χ2v) is 10.7. The first-order valence-electron chi connectivity index (χ1n) is 11.5. The van der Waals surface area contributed by atoms with Crippen molar-refractivity contribution in [1.29, 1.82) is 0 Å². The van der Waals surface area contributed by atoms with Gasteiger partial charge in [0, 0.05) is 12.1 Å². The first-order chi connectivity index (χ1) is 15.4. The van der Waals surface area contributed by atoms with Gasteiger partial charge in [-0.15, -0.1) is 0 Å². The van der Waals surface area contributed by atoms with Gasteiger partial charge in [0.05, 0.1) is 4.47 Å². The number of aryl methyl sites for hydroxylation is 1. The lowest BCUT2D eigenvalue weighted by molar-refractivity contribution is -0.143. The highest BCUT2D eigenvalue weighted by Gasteiger charge is 2.31. The number of nitrogens with zero attached hydrogens (tertiary/aromatic N) is 1. The fourth-order valence-electron chi connectivity index (χ4n) is 3.48. The van der Waals surface area contributed by atoms with E-state index in [1.807, 2.05) is 77.1 Å². The Hall–Kier alpha value is -2.34. The predicted molar refractivity (Wildman–Crippen MR) is 137 cm³/mol. The minimum Gasteiger partial charge on any atom is -0.483 e. The lowest BCUT2D eigenvalue weighted by Gasteiger charge is -2.33. The normalized spacial score (nSPS) is 12.4. The molecule has 0 fully saturated rings. The molecule has 2 aromatic carbocycles. The summed E-state index contributed by atoms with van der Waals surface area (Å²) in [6.45, 7) is 14.2. The van der Waals surface area contributed by atoms with Crippen molar-refractivity contribution in [2.75, 3.05) is 6.61 Å². The highest BCUT2D eigenvalue weighted by atomic mass is 79.9. The monoisotopic (exact) mass is 516 g/mol. The van der Waals surface area contributed by atoms with Crippen LogP contribution in [0.2, 0.25) is 0 Å². The van der Waals surface area contributed by atoms with Gasteiger partial charge in [0.2, 0.25) is 5.91 Å². The molecule has 0 aliphatic rings. The molecule has 0 bridgehead atoms. The largest absolute Gasteiger partial charge is 0.483 e. The fourth-order valence-corrected chi connectivity index (χ4v) is 3.99. The Morgan fingerprint density at radius 3 is 2.24 bits per heavy atom. The van der Waals surface area contributed by atoms with Gasteiger partial charge in [-0.2, -0.15) is 0 Å². The Morgan fingerprint density at radius 2 is 1.73 bits per heavy atom. The quantitative estimate of drug-likeness (QED) is 0.445. The summed E-state index contributed by atoms with van der Waals surface area (Å²) >= 11 is 3.55. The third-order valence-corrected chi connectivity index (χ3v) is 5.95. The smallest absolute Gasteiger partial charge is 0.261 e. The summed E-state index contributed by atoms with van der Waals surface area (Å²) in [5, 5.41) is 3.02. The highest BCUT2D eigenvalue weighted by Crippen LogP contribution is 2.29. The van der Waals surface area contributed by atoms with E-state index in [0.717, 1.165) is 15.6 Å². The molecule has 1 atom stereocenters. The predicted octanol–water partition coefficient (Wildman–Crippen LogP) is 5.98. The van der Waals surface area contributed by atoms with Crippen LogP contribution in [0.3, 0.4) is 0 Å². The van der Waals surface area contributed by atoms with Crippen LogP contribution in [0.4, 0.5) is 0 Å². The van der Waals surface area contributed by atoms with Gasteiger partial charge < -0.3 is 15.0 Å². The number of amides is 2. The number of ether oxygens (including phenoxy) is 1. The summed E-state index contributed by atoms with van der Waals surface area (Å²) in [4.78, 5) is 28.0. The third-order valence-electron chi connectivity index (χ3n) is 5.33. The van der Waals surface area contributed by atoms with Crippen molar-refractivity contribution in [2.24, 2.45) is 0 Å². The van der Waals surface area contributed by atoms with Crippen molar-refractivity contribution in [1.82, 2.24) is 10.2 Å². The number of carbonyl (C=O) groups is 2. The second kappa shape index (κ2) is 11.7. The molecule has 2 rings (SSSR count). The van der Waals surface area contributed by atoms with Gasteiger partial charge in [0.25, 0.3) is 5.91 Å². The fraction of sp³-hybridized carbons (Fsp3) is 0.481. The van der Waals surface area contributed by atoms with Gasteiger partial charge in [-0.05, 0) is 79.2 Å². The Kier molecular flexibility index (Phi) is 9.53. The second-order valence-electron chi connectivity index (χ2n) is 9.80. The SMILES string of the molecule is CC[C@H](C(=O)NC(C)(C)C)N(Cc1ccc(C)cc1)C(=O)COc1ccc(C(C)C)cc1Br. The molecule has 0 unspecified atom stereocenters. The van der Waals surface area contributed by atoms with Crippen LogP contribution in [0.15, 0.2) is 46.9 Å². The minimum atomic E-state index is -0.589. The maximum Gasteiger partial charge on any atom is 0.261 e. The summed E-state index contributed by atoms with van der Waals surface area (Å²) in [6, 6.07) is 13.3. The Balaban J connectivity index is 2.24. The molecule has 2 aromatic rings. The van der Waals surface area contributed by atoms with Gasteiger partial charge in [-0.3, -0.25) is 9.59 Å². The Morgan fingerprint density at radius 1 is 1.09 bits per heavy atom. The summed E-state index contributed by atoms with van der Waals surface area (Å²) in [5.74, 6) is 0.614. The van der Waals surface area contributed by atoms with Crippen LogP contribution in [-0.2, 0) is 16.1 Å². The van der Waals surface area contributed by atoms with Crippen LogP contribution < -0.4 is 10.1 Å². The molecule has 1 N–H and O–H groups in total. The number of hydrogen-bond acceptors (Lipinski definition) is 3. The molecular weight excluding hydrogens is 480 g/mol. The number of benzene rings is 2. The average molecular weight is 518 g/mol. The lowest BCUT2D eigenvalue weighted by Crippen LogP contribution is -2.54. The molecule has 0 saturated heterocycles. The van der Waals surface area contributed by atoms with Crippen LogP contribution in [0, 0.1) is 6.92 Å². The van der Waals surface area contributed by atoms with E-state index in [2.05, 4.69) is 35.1 Å². The maximum atomic E-state index is 13.4. The highest BCUT2D eigenvalue weighted by molar-refractivity contribution is 9.10. The van der Waals surface area contributed by atoms with E-state index in [4.69, 9.17) is 4.74 Å². The molecule has 0 heterocycles. The maximum absolute atomic E-state index is 13.4. The van der Waals surface area contributed by atoms with Crippen molar-refractivity contribution in [3.05, 3.63) is 63.6 Å². The van der Waals surface area contributed by atoms with Gasteiger partial charge in [-0.1, -0.05) is 56.7 Å². The lowest BCUT2D eigenvalue weighted by atomic mass is 10.0. The van der Waals surface area contributed by atoms with Crippen molar-refractivity contribution < 1.29 is 14.3 Å². The molecule has 0 aliphatic carbocycles. The van der Waals surface area contributed by atoms with E-state index in [-0.39, 0.29) is 24.0 Å². The molecule has 5 nitrogen and oxygen atoms in total. The molecule has 6 heteroatoms. The molecule has 0 radical (unpaired) electrons. The van der Waals surface area contributed by atoms with Gasteiger partial charge >= 0.3 is 0 Å².